The minimum atomic E-state index is -4.47. The van der Waals surface area contributed by atoms with E-state index < -0.39 is 17.6 Å². The molecule has 1 atom stereocenters. The van der Waals surface area contributed by atoms with Crippen LogP contribution in [0.4, 0.5) is 13.2 Å². The maximum absolute atomic E-state index is 12.8. The number of benzene rings is 1. The van der Waals surface area contributed by atoms with Crippen molar-refractivity contribution in [3.63, 3.8) is 0 Å². The van der Waals surface area contributed by atoms with Gasteiger partial charge in [-0.2, -0.15) is 13.2 Å². The van der Waals surface area contributed by atoms with Crippen molar-refractivity contribution in [1.82, 2.24) is 14.9 Å². The molecule has 1 amide bonds. The van der Waals surface area contributed by atoms with Crippen molar-refractivity contribution in [2.75, 3.05) is 13.1 Å². The highest BCUT2D eigenvalue weighted by Gasteiger charge is 2.33. The van der Waals surface area contributed by atoms with Crippen molar-refractivity contribution in [3.8, 4) is 6.01 Å². The number of likely N-dealkylation sites (tertiary alicyclic amines) is 1. The van der Waals surface area contributed by atoms with Gasteiger partial charge in [-0.3, -0.25) is 4.79 Å². The molecule has 0 spiro atoms. The molecule has 3 rings (SSSR count). The first kappa shape index (κ1) is 16.2. The fourth-order valence-electron chi connectivity index (χ4n) is 2.52. The maximum atomic E-state index is 12.8. The molecular formula is C16H14F3N3O2. The van der Waals surface area contributed by atoms with E-state index in [-0.39, 0.29) is 24.2 Å². The van der Waals surface area contributed by atoms with E-state index in [9.17, 15) is 18.0 Å². The van der Waals surface area contributed by atoms with Crippen LogP contribution in [0.5, 0.6) is 6.01 Å². The lowest BCUT2D eigenvalue weighted by Crippen LogP contribution is -2.31. The SMILES string of the molecule is O=C(c1cccc(C(F)(F)F)c1)N1CC[C@H](Oc2ncccn2)C1. The molecule has 1 aromatic heterocycles. The van der Waals surface area contributed by atoms with Crippen molar-refractivity contribution in [3.05, 3.63) is 53.9 Å². The number of nitrogens with zero attached hydrogens (tertiary/aromatic N) is 3. The smallest absolute Gasteiger partial charge is 0.416 e. The van der Waals surface area contributed by atoms with Gasteiger partial charge in [-0.1, -0.05) is 6.07 Å². The van der Waals surface area contributed by atoms with E-state index in [1.54, 1.807) is 18.5 Å². The maximum Gasteiger partial charge on any atom is 0.416 e. The summed E-state index contributed by atoms with van der Waals surface area (Å²) in [6, 6.07) is 6.31. The molecule has 0 unspecified atom stereocenters. The van der Waals surface area contributed by atoms with Crippen LogP contribution >= 0.6 is 0 Å². The average Bonchev–Trinajstić information content (AvgIpc) is 3.03. The normalized spacial score (nSPS) is 17.8. The fourth-order valence-corrected chi connectivity index (χ4v) is 2.52. The van der Waals surface area contributed by atoms with E-state index in [1.807, 2.05) is 0 Å². The van der Waals surface area contributed by atoms with E-state index in [0.717, 1.165) is 12.1 Å². The molecule has 2 aromatic rings. The number of rotatable bonds is 3. The van der Waals surface area contributed by atoms with Crippen LogP contribution in [0.2, 0.25) is 0 Å². The summed E-state index contributed by atoms with van der Waals surface area (Å²) in [5.41, 5.74) is -0.820. The van der Waals surface area contributed by atoms with Gasteiger partial charge in [-0.05, 0) is 24.3 Å². The van der Waals surface area contributed by atoms with Crippen molar-refractivity contribution in [2.45, 2.75) is 18.7 Å². The van der Waals surface area contributed by atoms with Crippen molar-refractivity contribution < 1.29 is 22.7 Å². The van der Waals surface area contributed by atoms with Crippen LogP contribution in [0.3, 0.4) is 0 Å². The van der Waals surface area contributed by atoms with Gasteiger partial charge in [0.15, 0.2) is 0 Å². The molecular weight excluding hydrogens is 323 g/mol. The molecule has 1 aliphatic rings. The summed E-state index contributed by atoms with van der Waals surface area (Å²) in [6.45, 7) is 0.694. The zero-order valence-electron chi connectivity index (χ0n) is 12.5. The van der Waals surface area contributed by atoms with Crippen LogP contribution in [0.15, 0.2) is 42.7 Å². The molecule has 24 heavy (non-hydrogen) atoms. The Hall–Kier alpha value is -2.64. The lowest BCUT2D eigenvalue weighted by atomic mass is 10.1. The molecule has 0 radical (unpaired) electrons. The molecule has 0 aliphatic carbocycles. The van der Waals surface area contributed by atoms with Crippen LogP contribution in [-0.4, -0.2) is 40.0 Å². The minimum absolute atomic E-state index is 0.0152. The topological polar surface area (TPSA) is 55.3 Å². The third-order valence-electron chi connectivity index (χ3n) is 3.68. The fraction of sp³-hybridized carbons (Fsp3) is 0.312. The second-order valence-corrected chi connectivity index (χ2v) is 5.39. The van der Waals surface area contributed by atoms with Gasteiger partial charge in [-0.25, -0.2) is 9.97 Å². The zero-order valence-corrected chi connectivity index (χ0v) is 12.5. The van der Waals surface area contributed by atoms with Crippen LogP contribution in [0, 0.1) is 0 Å². The zero-order chi connectivity index (χ0) is 17.2. The highest BCUT2D eigenvalue weighted by molar-refractivity contribution is 5.94. The van der Waals surface area contributed by atoms with E-state index in [2.05, 4.69) is 9.97 Å². The Balaban J connectivity index is 1.66. The quantitative estimate of drug-likeness (QED) is 0.864. The summed E-state index contributed by atoms with van der Waals surface area (Å²) in [6.07, 6.45) is -1.09. The molecule has 0 N–H and O–H groups in total. The number of hydrogen-bond donors (Lipinski definition) is 0. The molecule has 5 nitrogen and oxygen atoms in total. The highest BCUT2D eigenvalue weighted by Crippen LogP contribution is 2.30. The number of halogens is 3. The summed E-state index contributed by atoms with van der Waals surface area (Å²) in [5.74, 6) is -0.443. The first-order chi connectivity index (χ1) is 11.4. The minimum Gasteiger partial charge on any atom is -0.458 e. The van der Waals surface area contributed by atoms with Crippen LogP contribution < -0.4 is 4.74 Å². The first-order valence-corrected chi connectivity index (χ1v) is 7.34. The third-order valence-corrected chi connectivity index (χ3v) is 3.68. The predicted molar refractivity (Wildman–Crippen MR) is 78.4 cm³/mol. The largest absolute Gasteiger partial charge is 0.458 e. The van der Waals surface area contributed by atoms with Gasteiger partial charge < -0.3 is 9.64 Å². The van der Waals surface area contributed by atoms with Crippen molar-refractivity contribution in [2.24, 2.45) is 0 Å². The first-order valence-electron chi connectivity index (χ1n) is 7.34. The van der Waals surface area contributed by atoms with Crippen molar-refractivity contribution in [1.29, 1.82) is 0 Å². The monoisotopic (exact) mass is 337 g/mol. The summed E-state index contributed by atoms with van der Waals surface area (Å²) in [7, 11) is 0. The molecule has 1 aromatic carbocycles. The van der Waals surface area contributed by atoms with Gasteiger partial charge in [-0.15, -0.1) is 0 Å². The second-order valence-electron chi connectivity index (χ2n) is 5.39. The summed E-state index contributed by atoms with van der Waals surface area (Å²) in [4.78, 5) is 21.8. The number of aromatic nitrogens is 2. The number of hydrogen-bond acceptors (Lipinski definition) is 4. The molecule has 0 saturated carbocycles. The summed E-state index contributed by atoms with van der Waals surface area (Å²) in [5, 5.41) is 0. The van der Waals surface area contributed by atoms with Gasteiger partial charge >= 0.3 is 12.2 Å². The van der Waals surface area contributed by atoms with Gasteiger partial charge in [0.25, 0.3) is 5.91 Å². The molecule has 126 valence electrons. The Labute approximate surface area is 136 Å². The number of carbonyl (C=O) groups is 1. The van der Waals surface area contributed by atoms with E-state index >= 15 is 0 Å². The molecule has 1 fully saturated rings. The molecule has 8 heteroatoms. The van der Waals surface area contributed by atoms with Crippen LogP contribution in [-0.2, 0) is 6.18 Å². The third kappa shape index (κ3) is 3.64. The van der Waals surface area contributed by atoms with E-state index in [1.165, 1.54) is 17.0 Å². The van der Waals surface area contributed by atoms with Gasteiger partial charge in [0.05, 0.1) is 12.1 Å². The second kappa shape index (κ2) is 6.46. The Morgan fingerprint density at radius 2 is 1.96 bits per heavy atom. The molecule has 1 aliphatic heterocycles. The Kier molecular flexibility index (Phi) is 4.37. The molecule has 0 bridgehead atoms. The van der Waals surface area contributed by atoms with Gasteiger partial charge in [0.2, 0.25) is 0 Å². The van der Waals surface area contributed by atoms with E-state index in [4.69, 9.17) is 4.74 Å². The number of carbonyl (C=O) groups excluding carboxylic acids is 1. The predicted octanol–water partition coefficient (Wildman–Crippen LogP) is 2.79. The number of alkyl halides is 3. The van der Waals surface area contributed by atoms with Gasteiger partial charge in [0.1, 0.15) is 6.10 Å². The Morgan fingerprint density at radius 1 is 1.21 bits per heavy atom. The van der Waals surface area contributed by atoms with Crippen LogP contribution in [0.25, 0.3) is 0 Å². The highest BCUT2D eigenvalue weighted by atomic mass is 19.4. The Bertz CT molecular complexity index is 722. The molecule has 1 saturated heterocycles. The summed E-state index contributed by atoms with van der Waals surface area (Å²) < 4.78 is 43.8. The number of amides is 1. The standard InChI is InChI=1S/C16H14F3N3O2/c17-16(18,19)12-4-1-3-11(9-12)14(23)22-8-5-13(10-22)24-15-20-6-2-7-21-15/h1-4,6-7,9,13H,5,8,10H2/t13-/m0/s1. The lowest BCUT2D eigenvalue weighted by molar-refractivity contribution is -0.137. The number of ether oxygens (including phenoxy) is 1. The van der Waals surface area contributed by atoms with E-state index in [0.29, 0.717) is 13.0 Å². The van der Waals surface area contributed by atoms with Crippen LogP contribution in [0.1, 0.15) is 22.3 Å². The summed E-state index contributed by atoms with van der Waals surface area (Å²) >= 11 is 0. The lowest BCUT2D eigenvalue weighted by Gasteiger charge is -2.17. The average molecular weight is 337 g/mol. The van der Waals surface area contributed by atoms with Crippen molar-refractivity contribution >= 4 is 5.91 Å². The molecule has 2 heterocycles. The Morgan fingerprint density at radius 3 is 2.67 bits per heavy atom. The van der Waals surface area contributed by atoms with Gasteiger partial charge in [0, 0.05) is 30.9 Å².